The maximum absolute atomic E-state index is 12.7. The molecule has 1 atom stereocenters. The lowest BCUT2D eigenvalue weighted by atomic mass is 10.0. The van der Waals surface area contributed by atoms with Crippen LogP contribution in [0.5, 0.6) is 0 Å². The number of nitrogens with one attached hydrogen (secondary N) is 2. The fourth-order valence-corrected chi connectivity index (χ4v) is 1.39. The third-order valence-corrected chi connectivity index (χ3v) is 2.93. The number of aromatic nitrogens is 1. The molecule has 0 aliphatic carbocycles. The van der Waals surface area contributed by atoms with Crippen molar-refractivity contribution in [3.63, 3.8) is 0 Å². The summed E-state index contributed by atoms with van der Waals surface area (Å²) < 4.78 is 38.1. The van der Waals surface area contributed by atoms with E-state index in [1.54, 1.807) is 13.0 Å². The van der Waals surface area contributed by atoms with Crippen LogP contribution in [0.25, 0.3) is 0 Å². The number of carboxylic acids is 1. The highest BCUT2D eigenvalue weighted by Gasteiger charge is 2.58. The molecular weight excluding hydrogens is 291 g/mol. The van der Waals surface area contributed by atoms with Crippen LogP contribution in [0.1, 0.15) is 18.1 Å². The third-order valence-electron chi connectivity index (χ3n) is 2.93. The fraction of sp³-hybridized carbons (Fsp3) is 0.417. The van der Waals surface area contributed by atoms with Crippen LogP contribution in [-0.2, 0) is 11.3 Å². The molecule has 1 aromatic heterocycles. The molecule has 116 valence electrons. The number of amides is 2. The molecule has 9 heteroatoms. The number of nitrogens with zero attached hydrogens (tertiary/aromatic N) is 1. The van der Waals surface area contributed by atoms with Crippen molar-refractivity contribution >= 4 is 12.0 Å². The molecule has 0 saturated carbocycles. The highest BCUT2D eigenvalue weighted by Crippen LogP contribution is 2.30. The van der Waals surface area contributed by atoms with E-state index in [0.29, 0.717) is 12.5 Å². The monoisotopic (exact) mass is 305 g/mol. The minimum absolute atomic E-state index is 0.0479. The molecule has 0 aliphatic rings. The normalized spacial score (nSPS) is 14.1. The number of urea groups is 1. The number of halogens is 3. The number of hydrogen-bond donors (Lipinski definition) is 3. The van der Waals surface area contributed by atoms with Gasteiger partial charge in [0.05, 0.1) is 0 Å². The number of carboxylic acid groups (broad SMARTS) is 1. The molecule has 1 unspecified atom stereocenters. The molecular formula is C12H14F3N3O3. The van der Waals surface area contributed by atoms with E-state index in [-0.39, 0.29) is 6.54 Å². The summed E-state index contributed by atoms with van der Waals surface area (Å²) in [7, 11) is 0. The van der Waals surface area contributed by atoms with Gasteiger partial charge in [-0.1, -0.05) is 0 Å². The van der Waals surface area contributed by atoms with E-state index in [2.05, 4.69) is 10.3 Å². The smallest absolute Gasteiger partial charge is 0.422 e. The highest BCUT2D eigenvalue weighted by atomic mass is 19.4. The van der Waals surface area contributed by atoms with E-state index in [0.717, 1.165) is 5.56 Å². The minimum Gasteiger partial charge on any atom is -0.479 e. The molecule has 0 aromatic carbocycles. The van der Waals surface area contributed by atoms with Crippen molar-refractivity contribution < 1.29 is 27.9 Å². The Kier molecular flexibility index (Phi) is 4.77. The van der Waals surface area contributed by atoms with Gasteiger partial charge >= 0.3 is 18.2 Å². The molecule has 0 saturated heterocycles. The van der Waals surface area contributed by atoms with Crippen LogP contribution in [0.2, 0.25) is 0 Å². The van der Waals surface area contributed by atoms with Gasteiger partial charge in [-0.05, 0) is 31.0 Å². The van der Waals surface area contributed by atoms with E-state index < -0.39 is 23.7 Å². The predicted molar refractivity (Wildman–Crippen MR) is 66.4 cm³/mol. The van der Waals surface area contributed by atoms with Gasteiger partial charge in [0.1, 0.15) is 0 Å². The number of aryl methyl sites for hydroxylation is 1. The summed E-state index contributed by atoms with van der Waals surface area (Å²) in [6.45, 7) is 2.05. The quantitative estimate of drug-likeness (QED) is 0.788. The number of alkyl halides is 3. The van der Waals surface area contributed by atoms with Crippen molar-refractivity contribution in [2.45, 2.75) is 32.1 Å². The number of pyridine rings is 1. The van der Waals surface area contributed by atoms with Crippen LogP contribution in [0.3, 0.4) is 0 Å². The van der Waals surface area contributed by atoms with Crippen molar-refractivity contribution in [1.29, 1.82) is 0 Å². The number of aliphatic carboxylic acids is 1. The zero-order chi connectivity index (χ0) is 16.3. The van der Waals surface area contributed by atoms with Crippen molar-refractivity contribution in [1.82, 2.24) is 15.6 Å². The molecule has 3 N–H and O–H groups in total. The third kappa shape index (κ3) is 3.83. The summed E-state index contributed by atoms with van der Waals surface area (Å²) in [6, 6.07) is 0.365. The summed E-state index contributed by atoms with van der Waals surface area (Å²) in [6.07, 6.45) is -2.12. The lowest BCUT2D eigenvalue weighted by Gasteiger charge is -2.28. The van der Waals surface area contributed by atoms with Crippen molar-refractivity contribution in [3.05, 3.63) is 29.6 Å². The van der Waals surface area contributed by atoms with Crippen LogP contribution in [-0.4, -0.2) is 33.8 Å². The molecule has 1 rings (SSSR count). The van der Waals surface area contributed by atoms with E-state index >= 15 is 0 Å². The van der Waals surface area contributed by atoms with Gasteiger partial charge < -0.3 is 15.7 Å². The summed E-state index contributed by atoms with van der Waals surface area (Å²) >= 11 is 0. The standard InChI is InChI=1S/C12H14F3N3O3/c1-7-5-16-4-3-8(7)6-17-10(21)18-11(2,9(19)20)12(13,14)15/h3-5H,6H2,1-2H3,(H,19,20)(H2,17,18,21). The molecule has 21 heavy (non-hydrogen) atoms. The Hall–Kier alpha value is -2.32. The van der Waals surface area contributed by atoms with Crippen LogP contribution < -0.4 is 10.6 Å². The summed E-state index contributed by atoms with van der Waals surface area (Å²) in [5.41, 5.74) is -1.96. The average molecular weight is 305 g/mol. The van der Waals surface area contributed by atoms with E-state index in [1.807, 2.05) is 0 Å². The molecule has 0 spiro atoms. The van der Waals surface area contributed by atoms with Gasteiger partial charge in [-0.15, -0.1) is 0 Å². The molecule has 6 nitrogen and oxygen atoms in total. The Labute approximate surface area is 118 Å². The van der Waals surface area contributed by atoms with Crippen LogP contribution >= 0.6 is 0 Å². The Morgan fingerprint density at radius 1 is 1.38 bits per heavy atom. The van der Waals surface area contributed by atoms with E-state index in [4.69, 9.17) is 5.11 Å². The largest absolute Gasteiger partial charge is 0.479 e. The molecule has 0 fully saturated rings. The van der Waals surface area contributed by atoms with Crippen molar-refractivity contribution in [3.8, 4) is 0 Å². The van der Waals surface area contributed by atoms with Gasteiger partial charge in [-0.3, -0.25) is 4.98 Å². The number of carbonyl (C=O) groups excluding carboxylic acids is 1. The lowest BCUT2D eigenvalue weighted by Crippen LogP contribution is -2.63. The Balaban J connectivity index is 2.73. The van der Waals surface area contributed by atoms with Crippen LogP contribution in [0.4, 0.5) is 18.0 Å². The van der Waals surface area contributed by atoms with Gasteiger partial charge in [-0.25, -0.2) is 9.59 Å². The first-order valence-corrected chi connectivity index (χ1v) is 5.83. The maximum Gasteiger partial charge on any atom is 0.422 e. The van der Waals surface area contributed by atoms with Gasteiger partial charge in [0.15, 0.2) is 0 Å². The number of hydrogen-bond acceptors (Lipinski definition) is 3. The highest BCUT2D eigenvalue weighted by molar-refractivity contribution is 5.86. The van der Waals surface area contributed by atoms with Crippen LogP contribution in [0, 0.1) is 6.92 Å². The first kappa shape index (κ1) is 16.7. The summed E-state index contributed by atoms with van der Waals surface area (Å²) in [4.78, 5) is 26.1. The molecule has 0 radical (unpaired) electrons. The first-order valence-electron chi connectivity index (χ1n) is 5.83. The molecule has 0 aliphatic heterocycles. The first-order chi connectivity index (χ1) is 9.58. The van der Waals surface area contributed by atoms with Crippen molar-refractivity contribution in [2.75, 3.05) is 0 Å². The molecule has 1 heterocycles. The summed E-state index contributed by atoms with van der Waals surface area (Å²) in [5, 5.41) is 12.3. The Bertz CT molecular complexity index is 548. The zero-order valence-electron chi connectivity index (χ0n) is 11.3. The number of rotatable bonds is 4. The second-order valence-corrected chi connectivity index (χ2v) is 4.54. The second-order valence-electron chi connectivity index (χ2n) is 4.54. The topological polar surface area (TPSA) is 91.3 Å². The van der Waals surface area contributed by atoms with Gasteiger partial charge in [-0.2, -0.15) is 13.2 Å². The molecule has 2 amide bonds. The lowest BCUT2D eigenvalue weighted by molar-refractivity contribution is -0.203. The number of carbonyl (C=O) groups is 2. The zero-order valence-corrected chi connectivity index (χ0v) is 11.3. The predicted octanol–water partition coefficient (Wildman–Crippen LogP) is 1.59. The fourth-order valence-electron chi connectivity index (χ4n) is 1.39. The van der Waals surface area contributed by atoms with Crippen LogP contribution in [0.15, 0.2) is 18.5 Å². The Morgan fingerprint density at radius 3 is 2.48 bits per heavy atom. The van der Waals surface area contributed by atoms with Gasteiger partial charge in [0.25, 0.3) is 0 Å². The second kappa shape index (κ2) is 5.98. The molecule has 0 bridgehead atoms. The average Bonchev–Trinajstić information content (AvgIpc) is 2.36. The minimum atomic E-state index is -5.12. The van der Waals surface area contributed by atoms with Crippen molar-refractivity contribution in [2.24, 2.45) is 0 Å². The SMILES string of the molecule is Cc1cnccc1CNC(=O)NC(C)(C(=O)O)C(F)(F)F. The van der Waals surface area contributed by atoms with Gasteiger partial charge in [0, 0.05) is 18.9 Å². The van der Waals surface area contributed by atoms with E-state index in [1.165, 1.54) is 17.7 Å². The molecule has 1 aromatic rings. The Morgan fingerprint density at radius 2 is 2.00 bits per heavy atom. The van der Waals surface area contributed by atoms with E-state index in [9.17, 15) is 22.8 Å². The maximum atomic E-state index is 12.7. The summed E-state index contributed by atoms with van der Waals surface area (Å²) in [5.74, 6) is -2.19. The van der Waals surface area contributed by atoms with Gasteiger partial charge in [0.2, 0.25) is 5.54 Å².